The lowest BCUT2D eigenvalue weighted by Crippen LogP contribution is -2.19. The molecular formula is C18H38N2O. The summed E-state index contributed by atoms with van der Waals surface area (Å²) in [7, 11) is 0. The van der Waals surface area contributed by atoms with Gasteiger partial charge in [-0.3, -0.25) is 0 Å². The zero-order valence-corrected chi connectivity index (χ0v) is 14.2. The van der Waals surface area contributed by atoms with E-state index in [9.17, 15) is 0 Å². The van der Waals surface area contributed by atoms with Gasteiger partial charge in [-0.05, 0) is 32.1 Å². The van der Waals surface area contributed by atoms with Crippen molar-refractivity contribution in [2.75, 3.05) is 6.54 Å². The Balaban J connectivity index is 3.02. The van der Waals surface area contributed by atoms with E-state index < -0.39 is 0 Å². The first-order chi connectivity index (χ1) is 10.4. The summed E-state index contributed by atoms with van der Waals surface area (Å²) >= 11 is 0. The molecule has 0 aliphatic carbocycles. The minimum absolute atomic E-state index is 0.859. The number of nitrogens with one attached hydrogen (secondary N) is 1. The molecule has 0 aliphatic rings. The number of allylic oxidation sites excluding steroid dienone is 2. The number of nitrogens with two attached hydrogens (primary N) is 1. The third kappa shape index (κ3) is 19.6. The topological polar surface area (TPSA) is 47.3 Å². The van der Waals surface area contributed by atoms with Crippen LogP contribution in [0.4, 0.5) is 0 Å². The van der Waals surface area contributed by atoms with E-state index in [0.717, 1.165) is 13.0 Å². The summed E-state index contributed by atoms with van der Waals surface area (Å²) in [6.45, 7) is 3.13. The summed E-state index contributed by atoms with van der Waals surface area (Å²) in [6.07, 6.45) is 23.5. The second-order valence-electron chi connectivity index (χ2n) is 5.95. The molecule has 0 atom stereocenters. The lowest BCUT2D eigenvalue weighted by molar-refractivity contribution is 0.0400. The Labute approximate surface area is 132 Å². The minimum Gasteiger partial charge on any atom is -0.217 e. The average molecular weight is 299 g/mol. The van der Waals surface area contributed by atoms with Crippen LogP contribution < -0.4 is 11.4 Å². The summed E-state index contributed by atoms with van der Waals surface area (Å²) < 4.78 is 0. The van der Waals surface area contributed by atoms with Crippen LogP contribution >= 0.6 is 0 Å². The summed E-state index contributed by atoms with van der Waals surface area (Å²) in [5.74, 6) is 4.88. The van der Waals surface area contributed by atoms with Crippen LogP contribution in [0.1, 0.15) is 96.8 Å². The normalized spacial score (nSPS) is 11.5. The fraction of sp³-hybridized carbons (Fsp3) is 0.889. The molecule has 0 spiro atoms. The van der Waals surface area contributed by atoms with Crippen LogP contribution in [0.25, 0.3) is 0 Å². The third-order valence-corrected chi connectivity index (χ3v) is 3.87. The lowest BCUT2D eigenvalue weighted by atomic mass is 10.1. The van der Waals surface area contributed by atoms with E-state index in [0.29, 0.717) is 0 Å². The van der Waals surface area contributed by atoms with Gasteiger partial charge in [0, 0.05) is 6.54 Å². The van der Waals surface area contributed by atoms with Gasteiger partial charge in [0.25, 0.3) is 0 Å². The Morgan fingerprint density at radius 2 is 1.19 bits per heavy atom. The predicted molar refractivity (Wildman–Crippen MR) is 92.7 cm³/mol. The molecule has 3 heteroatoms. The van der Waals surface area contributed by atoms with Crippen LogP contribution in [-0.2, 0) is 4.94 Å². The maximum atomic E-state index is 4.88. The highest BCUT2D eigenvalue weighted by molar-refractivity contribution is 4.81. The molecule has 0 saturated carbocycles. The van der Waals surface area contributed by atoms with Crippen molar-refractivity contribution >= 4 is 0 Å². The van der Waals surface area contributed by atoms with Gasteiger partial charge in [-0.25, -0.2) is 4.94 Å². The van der Waals surface area contributed by atoms with Crippen LogP contribution in [0.3, 0.4) is 0 Å². The fourth-order valence-corrected chi connectivity index (χ4v) is 2.50. The molecule has 0 saturated heterocycles. The number of hydrogen-bond acceptors (Lipinski definition) is 3. The molecule has 0 aromatic heterocycles. The average Bonchev–Trinajstić information content (AvgIpc) is 2.50. The van der Waals surface area contributed by atoms with E-state index in [2.05, 4.69) is 29.5 Å². The highest BCUT2D eigenvalue weighted by atomic mass is 16.8. The van der Waals surface area contributed by atoms with Gasteiger partial charge in [-0.1, -0.05) is 76.9 Å². The summed E-state index contributed by atoms with van der Waals surface area (Å²) in [5, 5.41) is 0. The fourth-order valence-electron chi connectivity index (χ4n) is 2.50. The molecule has 3 nitrogen and oxygen atoms in total. The molecule has 0 aromatic carbocycles. The van der Waals surface area contributed by atoms with Crippen LogP contribution in [0.15, 0.2) is 12.2 Å². The first kappa shape index (κ1) is 20.6. The zero-order valence-electron chi connectivity index (χ0n) is 14.2. The number of hydroxylamine groups is 1. The molecule has 0 rings (SSSR count). The molecule has 0 radical (unpaired) electrons. The summed E-state index contributed by atoms with van der Waals surface area (Å²) in [5.41, 5.74) is 2.67. The molecule has 3 N–H and O–H groups in total. The first-order valence-electron chi connectivity index (χ1n) is 9.15. The molecule has 0 bridgehead atoms. The first-order valence-corrected chi connectivity index (χ1v) is 9.15. The van der Waals surface area contributed by atoms with Gasteiger partial charge in [0.2, 0.25) is 0 Å². The van der Waals surface area contributed by atoms with Crippen molar-refractivity contribution in [1.82, 2.24) is 5.48 Å². The highest BCUT2D eigenvalue weighted by Gasteiger charge is 1.91. The Hall–Kier alpha value is -0.380. The van der Waals surface area contributed by atoms with Gasteiger partial charge in [-0.2, -0.15) is 11.4 Å². The summed E-state index contributed by atoms with van der Waals surface area (Å²) in [4.78, 5) is 4.31. The third-order valence-electron chi connectivity index (χ3n) is 3.87. The van der Waals surface area contributed by atoms with Crippen molar-refractivity contribution in [3.63, 3.8) is 0 Å². The van der Waals surface area contributed by atoms with Gasteiger partial charge >= 0.3 is 0 Å². The molecule has 126 valence electrons. The second kappa shape index (κ2) is 19.6. The monoisotopic (exact) mass is 298 g/mol. The second-order valence-corrected chi connectivity index (χ2v) is 5.95. The van der Waals surface area contributed by atoms with E-state index in [1.54, 1.807) is 0 Å². The SMILES string of the molecule is CCCCCCCC/C=C\CCCCCCCCNON. The molecular weight excluding hydrogens is 260 g/mol. The largest absolute Gasteiger partial charge is 0.217 e. The molecule has 0 aromatic rings. The predicted octanol–water partition coefficient (Wildman–Crippen LogP) is 5.42. The molecule has 0 amide bonds. The van der Waals surface area contributed by atoms with Gasteiger partial charge in [0.15, 0.2) is 0 Å². The number of hydrogen-bond donors (Lipinski definition) is 2. The number of rotatable bonds is 17. The van der Waals surface area contributed by atoms with Crippen LogP contribution in [0, 0.1) is 0 Å². The number of unbranched alkanes of at least 4 members (excludes halogenated alkanes) is 12. The molecule has 21 heavy (non-hydrogen) atoms. The van der Waals surface area contributed by atoms with Crippen molar-refractivity contribution in [1.29, 1.82) is 0 Å². The Bertz CT molecular complexity index is 207. The Kier molecular flexibility index (Phi) is 19.3. The van der Waals surface area contributed by atoms with Gasteiger partial charge < -0.3 is 0 Å². The Morgan fingerprint density at radius 1 is 0.714 bits per heavy atom. The van der Waals surface area contributed by atoms with Crippen molar-refractivity contribution < 1.29 is 4.94 Å². The van der Waals surface area contributed by atoms with E-state index in [1.807, 2.05) is 0 Å². The van der Waals surface area contributed by atoms with Crippen LogP contribution in [-0.4, -0.2) is 6.54 Å². The molecule has 0 fully saturated rings. The molecule has 0 unspecified atom stereocenters. The van der Waals surface area contributed by atoms with E-state index in [1.165, 1.54) is 83.5 Å². The smallest absolute Gasteiger partial charge is 0.0228 e. The van der Waals surface area contributed by atoms with Crippen LogP contribution in [0.5, 0.6) is 0 Å². The van der Waals surface area contributed by atoms with Crippen molar-refractivity contribution in [2.45, 2.75) is 96.8 Å². The van der Waals surface area contributed by atoms with Crippen LogP contribution in [0.2, 0.25) is 0 Å². The molecule has 0 heterocycles. The van der Waals surface area contributed by atoms with Gasteiger partial charge in [0.05, 0.1) is 0 Å². The highest BCUT2D eigenvalue weighted by Crippen LogP contribution is 2.09. The van der Waals surface area contributed by atoms with E-state index in [4.69, 9.17) is 5.90 Å². The minimum atomic E-state index is 0.859. The van der Waals surface area contributed by atoms with Crippen molar-refractivity contribution in [3.8, 4) is 0 Å². The lowest BCUT2D eigenvalue weighted by Gasteiger charge is -2.01. The van der Waals surface area contributed by atoms with Crippen molar-refractivity contribution in [2.24, 2.45) is 5.90 Å². The standard InChI is InChI=1S/C18H38N2O/c1-2-3-4-5-6-7-8-9-10-11-12-13-14-15-16-17-18-20-21-19/h9-10,20H,2-8,11-19H2,1H3/b10-9-. The zero-order chi connectivity index (χ0) is 15.4. The van der Waals surface area contributed by atoms with E-state index >= 15 is 0 Å². The summed E-state index contributed by atoms with van der Waals surface area (Å²) in [6, 6.07) is 0. The Morgan fingerprint density at radius 3 is 1.71 bits per heavy atom. The maximum absolute atomic E-state index is 4.88. The van der Waals surface area contributed by atoms with E-state index in [-0.39, 0.29) is 0 Å². The quantitative estimate of drug-likeness (QED) is 0.214. The molecule has 0 aliphatic heterocycles. The van der Waals surface area contributed by atoms with Gasteiger partial charge in [-0.15, -0.1) is 0 Å². The van der Waals surface area contributed by atoms with Crippen molar-refractivity contribution in [3.05, 3.63) is 12.2 Å². The maximum Gasteiger partial charge on any atom is 0.0228 e. The van der Waals surface area contributed by atoms with Gasteiger partial charge in [0.1, 0.15) is 0 Å².